The van der Waals surface area contributed by atoms with Crippen molar-refractivity contribution in [2.45, 2.75) is 11.3 Å². The molecule has 33 heavy (non-hydrogen) atoms. The van der Waals surface area contributed by atoms with Crippen LogP contribution in [0.4, 0.5) is 0 Å². The number of para-hydroxylation sites is 1. The number of hydrogen-bond acceptors (Lipinski definition) is 7. The number of carbonyl (C=O) groups excluding carboxylic acids is 1. The predicted molar refractivity (Wildman–Crippen MR) is 126 cm³/mol. The summed E-state index contributed by atoms with van der Waals surface area (Å²) in [5.41, 5.74) is 0.482. The number of benzene rings is 2. The third-order valence-electron chi connectivity index (χ3n) is 5.38. The smallest absolute Gasteiger partial charge is 0.339 e. The first-order valence-corrected chi connectivity index (χ1v) is 12.8. The molecule has 2 aromatic carbocycles. The zero-order valence-electron chi connectivity index (χ0n) is 17.8. The van der Waals surface area contributed by atoms with Crippen molar-refractivity contribution in [2.24, 2.45) is 4.99 Å². The zero-order chi connectivity index (χ0) is 23.3. The molecule has 2 aliphatic heterocycles. The number of nitrogens with zero attached hydrogens (tertiary/aromatic N) is 3. The SMILES string of the molecule is N#CCC[NH+]1CCN(C2=NC(=O)/C(=C/c3ccccc3OS(=O)(=O)c3ccccc3)S2)CC1. The quantitative estimate of drug-likeness (QED) is 0.491. The fourth-order valence-corrected chi connectivity index (χ4v) is 5.53. The number of rotatable bonds is 6. The van der Waals surface area contributed by atoms with Crippen LogP contribution in [-0.4, -0.2) is 57.1 Å². The van der Waals surface area contributed by atoms with Gasteiger partial charge in [0.05, 0.1) is 50.1 Å². The number of nitriles is 1. The molecule has 170 valence electrons. The fraction of sp³-hybridized carbons (Fsp3) is 0.261. The molecule has 1 amide bonds. The molecular formula is C23H23N4O4S2+. The van der Waals surface area contributed by atoms with Crippen molar-refractivity contribution in [1.82, 2.24) is 4.90 Å². The van der Waals surface area contributed by atoms with Gasteiger partial charge in [0.2, 0.25) is 0 Å². The maximum absolute atomic E-state index is 12.6. The lowest BCUT2D eigenvalue weighted by Crippen LogP contribution is -3.14. The Morgan fingerprint density at radius 1 is 1.12 bits per heavy atom. The molecule has 0 radical (unpaired) electrons. The molecule has 0 atom stereocenters. The Hall–Kier alpha value is -3.13. The number of thioether (sulfide) groups is 1. The number of hydrogen-bond donors (Lipinski definition) is 1. The van der Waals surface area contributed by atoms with Crippen molar-refractivity contribution in [1.29, 1.82) is 5.26 Å². The molecule has 10 heteroatoms. The lowest BCUT2D eigenvalue weighted by molar-refractivity contribution is -0.903. The summed E-state index contributed by atoms with van der Waals surface area (Å²) < 4.78 is 30.7. The van der Waals surface area contributed by atoms with Crippen LogP contribution in [0, 0.1) is 11.3 Å². The molecule has 0 spiro atoms. The van der Waals surface area contributed by atoms with Gasteiger partial charge in [-0.15, -0.1) is 0 Å². The van der Waals surface area contributed by atoms with Crippen molar-refractivity contribution in [2.75, 3.05) is 32.7 Å². The van der Waals surface area contributed by atoms with Gasteiger partial charge in [-0.25, -0.2) is 0 Å². The molecule has 0 unspecified atom stereocenters. The highest BCUT2D eigenvalue weighted by molar-refractivity contribution is 8.18. The van der Waals surface area contributed by atoms with Crippen LogP contribution < -0.4 is 9.08 Å². The standard InChI is InChI=1S/C23H22N4O4S2/c24-11-6-12-26-13-15-27(16-14-26)23-25-22(28)21(32-23)17-18-7-4-5-10-20(18)31-33(29,30)19-8-2-1-3-9-19/h1-5,7-10,17H,6,12-16H2/p+1/b21-17-. The molecule has 2 aromatic rings. The van der Waals surface area contributed by atoms with E-state index in [1.54, 1.807) is 48.5 Å². The van der Waals surface area contributed by atoms with Gasteiger partial charge in [-0.1, -0.05) is 36.4 Å². The summed E-state index contributed by atoms with van der Waals surface area (Å²) in [5, 5.41) is 9.41. The van der Waals surface area contributed by atoms with Crippen LogP contribution in [0.3, 0.4) is 0 Å². The van der Waals surface area contributed by atoms with E-state index in [4.69, 9.17) is 9.44 Å². The fourth-order valence-electron chi connectivity index (χ4n) is 3.60. The summed E-state index contributed by atoms with van der Waals surface area (Å²) in [5.74, 6) is -0.208. The summed E-state index contributed by atoms with van der Waals surface area (Å²) in [6.07, 6.45) is 2.16. The second-order valence-electron chi connectivity index (χ2n) is 7.59. The first kappa shape index (κ1) is 23.0. The van der Waals surface area contributed by atoms with Crippen molar-refractivity contribution in [3.8, 4) is 11.8 Å². The van der Waals surface area contributed by atoms with Crippen LogP contribution in [-0.2, 0) is 14.9 Å². The molecule has 4 rings (SSSR count). The first-order chi connectivity index (χ1) is 16.0. The van der Waals surface area contributed by atoms with Crippen molar-refractivity contribution >= 4 is 39.0 Å². The number of quaternary nitrogens is 1. The molecule has 1 N–H and O–H groups in total. The van der Waals surface area contributed by atoms with Crippen molar-refractivity contribution in [3.63, 3.8) is 0 Å². The number of carbonyl (C=O) groups is 1. The maximum Gasteiger partial charge on any atom is 0.339 e. The normalized spacial score (nSPS) is 18.3. The van der Waals surface area contributed by atoms with Gasteiger partial charge in [0, 0.05) is 5.56 Å². The van der Waals surface area contributed by atoms with Gasteiger partial charge in [0.15, 0.2) is 5.17 Å². The van der Waals surface area contributed by atoms with Gasteiger partial charge in [0.1, 0.15) is 10.6 Å². The molecule has 0 aliphatic carbocycles. The molecular weight excluding hydrogens is 460 g/mol. The molecule has 2 aliphatic rings. The second-order valence-corrected chi connectivity index (χ2v) is 10.1. The Kier molecular flexibility index (Phi) is 7.13. The number of amidine groups is 1. The van der Waals surface area contributed by atoms with Gasteiger partial charge in [-0.3, -0.25) is 4.79 Å². The molecule has 0 saturated carbocycles. The number of piperazine rings is 1. The van der Waals surface area contributed by atoms with E-state index in [0.29, 0.717) is 22.1 Å². The van der Waals surface area contributed by atoms with E-state index in [1.807, 2.05) is 0 Å². The van der Waals surface area contributed by atoms with Crippen LogP contribution in [0.2, 0.25) is 0 Å². The monoisotopic (exact) mass is 483 g/mol. The van der Waals surface area contributed by atoms with Gasteiger partial charge in [-0.05, 0) is 36.0 Å². The molecule has 1 saturated heterocycles. The third kappa shape index (κ3) is 5.63. The highest BCUT2D eigenvalue weighted by Gasteiger charge is 2.30. The molecule has 8 nitrogen and oxygen atoms in total. The number of nitrogens with one attached hydrogen (secondary N) is 1. The lowest BCUT2D eigenvalue weighted by Gasteiger charge is -2.32. The van der Waals surface area contributed by atoms with Crippen molar-refractivity contribution < 1.29 is 22.3 Å². The van der Waals surface area contributed by atoms with E-state index in [-0.39, 0.29) is 16.6 Å². The Labute approximate surface area is 197 Å². The molecule has 0 aromatic heterocycles. The molecule has 0 bridgehead atoms. The predicted octanol–water partition coefficient (Wildman–Crippen LogP) is 1.54. The van der Waals surface area contributed by atoms with Crippen LogP contribution in [0.15, 0.2) is 69.4 Å². The van der Waals surface area contributed by atoms with E-state index in [2.05, 4.69) is 16.0 Å². The van der Waals surface area contributed by atoms with Gasteiger partial charge < -0.3 is 14.0 Å². The maximum atomic E-state index is 12.6. The Bertz CT molecular complexity index is 1230. The summed E-state index contributed by atoms with van der Waals surface area (Å²) in [4.78, 5) is 20.7. The number of amides is 1. The minimum Gasteiger partial charge on any atom is -0.378 e. The van der Waals surface area contributed by atoms with Gasteiger partial charge >= 0.3 is 10.1 Å². The largest absolute Gasteiger partial charge is 0.378 e. The van der Waals surface area contributed by atoms with E-state index in [0.717, 1.165) is 32.7 Å². The average Bonchev–Trinajstić information content (AvgIpc) is 3.20. The van der Waals surface area contributed by atoms with Crippen LogP contribution in [0.25, 0.3) is 6.08 Å². The summed E-state index contributed by atoms with van der Waals surface area (Å²) in [6, 6.07) is 16.8. The highest BCUT2D eigenvalue weighted by Crippen LogP contribution is 2.33. The number of aliphatic imine (C=N–C) groups is 1. The van der Waals surface area contributed by atoms with Crippen LogP contribution in [0.5, 0.6) is 5.75 Å². The average molecular weight is 484 g/mol. The van der Waals surface area contributed by atoms with Crippen LogP contribution >= 0.6 is 11.8 Å². The Balaban J connectivity index is 1.47. The summed E-state index contributed by atoms with van der Waals surface area (Å²) in [7, 11) is -4.00. The summed E-state index contributed by atoms with van der Waals surface area (Å²) in [6.45, 7) is 4.14. The Morgan fingerprint density at radius 2 is 1.82 bits per heavy atom. The summed E-state index contributed by atoms with van der Waals surface area (Å²) >= 11 is 1.28. The van der Waals surface area contributed by atoms with Gasteiger partial charge in [-0.2, -0.15) is 18.7 Å². The zero-order valence-corrected chi connectivity index (χ0v) is 19.4. The first-order valence-electron chi connectivity index (χ1n) is 10.5. The van der Waals surface area contributed by atoms with E-state index in [1.165, 1.54) is 28.8 Å². The van der Waals surface area contributed by atoms with E-state index in [9.17, 15) is 13.2 Å². The van der Waals surface area contributed by atoms with Gasteiger partial charge in [0.25, 0.3) is 5.91 Å². The highest BCUT2D eigenvalue weighted by atomic mass is 32.2. The molecule has 1 fully saturated rings. The minimum absolute atomic E-state index is 0.0560. The topological polar surface area (TPSA) is 104 Å². The second kappa shape index (κ2) is 10.2. The third-order valence-corrected chi connectivity index (χ3v) is 7.67. The van der Waals surface area contributed by atoms with Crippen molar-refractivity contribution in [3.05, 3.63) is 65.1 Å². The van der Waals surface area contributed by atoms with E-state index < -0.39 is 10.1 Å². The Morgan fingerprint density at radius 3 is 2.55 bits per heavy atom. The molecule has 2 heterocycles. The van der Waals surface area contributed by atoms with Crippen LogP contribution in [0.1, 0.15) is 12.0 Å². The minimum atomic E-state index is -4.00. The van der Waals surface area contributed by atoms with E-state index >= 15 is 0 Å². The lowest BCUT2D eigenvalue weighted by atomic mass is 10.2.